The normalized spacial score (nSPS) is 15.5. The highest BCUT2D eigenvalue weighted by atomic mass is 16.5. The minimum absolute atomic E-state index is 0.0638. The number of hydrogen-bond donors (Lipinski definition) is 1. The van der Waals surface area contributed by atoms with Gasteiger partial charge in [0.25, 0.3) is 5.91 Å². The summed E-state index contributed by atoms with van der Waals surface area (Å²) in [6.45, 7) is 7.96. The van der Waals surface area contributed by atoms with Crippen molar-refractivity contribution in [2.24, 2.45) is 0 Å². The molecule has 7 heteroatoms. The van der Waals surface area contributed by atoms with Gasteiger partial charge in [0.2, 0.25) is 5.91 Å². The zero-order valence-corrected chi connectivity index (χ0v) is 14.3. The van der Waals surface area contributed by atoms with Crippen LogP contribution in [0.4, 0.5) is 5.69 Å². The second kappa shape index (κ2) is 6.51. The summed E-state index contributed by atoms with van der Waals surface area (Å²) in [5.41, 5.74) is -0.702. The summed E-state index contributed by atoms with van der Waals surface area (Å²) in [5, 5.41) is 9.12. The molecule has 0 spiro atoms. The molecule has 0 saturated heterocycles. The molecular formula is C17H22N2O5. The van der Waals surface area contributed by atoms with Gasteiger partial charge in [0.15, 0.2) is 5.60 Å². The zero-order valence-electron chi connectivity index (χ0n) is 14.3. The molecule has 130 valence electrons. The molecule has 2 rings (SSSR count). The van der Waals surface area contributed by atoms with Crippen LogP contribution in [0.3, 0.4) is 0 Å². The largest absolute Gasteiger partial charge is 0.478 e. The third kappa shape index (κ3) is 3.20. The van der Waals surface area contributed by atoms with Crippen molar-refractivity contribution < 1.29 is 24.2 Å². The predicted octanol–water partition coefficient (Wildman–Crippen LogP) is 1.76. The fraction of sp³-hybridized carbons (Fsp3) is 0.471. The lowest BCUT2D eigenvalue weighted by Gasteiger charge is -2.39. The molecule has 0 aliphatic carbocycles. The Morgan fingerprint density at radius 3 is 2.42 bits per heavy atom. The van der Waals surface area contributed by atoms with Crippen LogP contribution < -0.4 is 9.64 Å². The van der Waals surface area contributed by atoms with Gasteiger partial charge in [-0.3, -0.25) is 14.5 Å². The number of carbonyl (C=O) groups excluding carboxylic acids is 2. The average molecular weight is 334 g/mol. The number of hydrogen-bond acceptors (Lipinski definition) is 4. The van der Waals surface area contributed by atoms with Gasteiger partial charge in [0.05, 0.1) is 11.3 Å². The SMILES string of the molecule is CCN(CC)C(=O)CN1C(=O)C(C)(C)Oc2cc(C(=O)O)ccc21. The number of anilines is 1. The van der Waals surface area contributed by atoms with Gasteiger partial charge in [0, 0.05) is 13.1 Å². The van der Waals surface area contributed by atoms with E-state index in [1.807, 2.05) is 13.8 Å². The van der Waals surface area contributed by atoms with Gasteiger partial charge in [-0.15, -0.1) is 0 Å². The van der Waals surface area contributed by atoms with Gasteiger partial charge in [0.1, 0.15) is 12.3 Å². The quantitative estimate of drug-likeness (QED) is 0.886. The van der Waals surface area contributed by atoms with Crippen LogP contribution in [0.15, 0.2) is 18.2 Å². The van der Waals surface area contributed by atoms with E-state index >= 15 is 0 Å². The van der Waals surface area contributed by atoms with Crippen LogP contribution >= 0.6 is 0 Å². The number of nitrogens with zero attached hydrogens (tertiary/aromatic N) is 2. The summed E-state index contributed by atoms with van der Waals surface area (Å²) in [7, 11) is 0. The van der Waals surface area contributed by atoms with Crippen LogP contribution in [0.1, 0.15) is 38.1 Å². The lowest BCUT2D eigenvalue weighted by atomic mass is 10.0. The Morgan fingerprint density at radius 2 is 1.88 bits per heavy atom. The monoisotopic (exact) mass is 334 g/mol. The Kier molecular flexibility index (Phi) is 4.82. The molecule has 0 atom stereocenters. The van der Waals surface area contributed by atoms with E-state index in [4.69, 9.17) is 9.84 Å². The molecule has 7 nitrogen and oxygen atoms in total. The predicted molar refractivity (Wildman–Crippen MR) is 88.4 cm³/mol. The smallest absolute Gasteiger partial charge is 0.335 e. The highest BCUT2D eigenvalue weighted by molar-refractivity contribution is 6.06. The molecule has 1 aliphatic heterocycles. The second-order valence-electron chi connectivity index (χ2n) is 6.06. The minimum atomic E-state index is -1.17. The van der Waals surface area contributed by atoms with E-state index in [9.17, 15) is 14.4 Å². The Balaban J connectivity index is 2.42. The molecule has 0 fully saturated rings. The van der Waals surface area contributed by atoms with E-state index in [1.165, 1.54) is 23.1 Å². The maximum absolute atomic E-state index is 12.7. The van der Waals surface area contributed by atoms with Crippen LogP contribution in [-0.4, -0.2) is 53.0 Å². The topological polar surface area (TPSA) is 87.2 Å². The van der Waals surface area contributed by atoms with Crippen molar-refractivity contribution >= 4 is 23.5 Å². The lowest BCUT2D eigenvalue weighted by Crippen LogP contribution is -2.55. The average Bonchev–Trinajstić information content (AvgIpc) is 2.52. The van der Waals surface area contributed by atoms with Crippen molar-refractivity contribution in [3.63, 3.8) is 0 Å². The summed E-state index contributed by atoms with van der Waals surface area (Å²) in [4.78, 5) is 39.2. The van der Waals surface area contributed by atoms with Crippen molar-refractivity contribution in [1.82, 2.24) is 4.90 Å². The van der Waals surface area contributed by atoms with E-state index in [0.717, 1.165) is 0 Å². The van der Waals surface area contributed by atoms with E-state index in [1.54, 1.807) is 18.7 Å². The van der Waals surface area contributed by atoms with Crippen LogP contribution in [0.2, 0.25) is 0 Å². The maximum atomic E-state index is 12.7. The van der Waals surface area contributed by atoms with E-state index in [2.05, 4.69) is 0 Å². The number of carbonyl (C=O) groups is 3. The van der Waals surface area contributed by atoms with Gasteiger partial charge >= 0.3 is 5.97 Å². The van der Waals surface area contributed by atoms with Gasteiger partial charge in [-0.25, -0.2) is 4.79 Å². The van der Waals surface area contributed by atoms with Gasteiger partial charge in [-0.05, 0) is 45.9 Å². The molecule has 0 bridgehead atoms. The Labute approximate surface area is 140 Å². The zero-order chi connectivity index (χ0) is 18.1. The summed E-state index contributed by atoms with van der Waals surface area (Å²) in [5.74, 6) is -1.30. The van der Waals surface area contributed by atoms with E-state index < -0.39 is 11.6 Å². The Morgan fingerprint density at radius 1 is 1.25 bits per heavy atom. The number of likely N-dealkylation sites (N-methyl/N-ethyl adjacent to an activating group) is 1. The summed E-state index contributed by atoms with van der Waals surface area (Å²) >= 11 is 0. The molecule has 0 saturated carbocycles. The number of carboxylic acids is 1. The van der Waals surface area contributed by atoms with Crippen molar-refractivity contribution in [3.05, 3.63) is 23.8 Å². The fourth-order valence-corrected chi connectivity index (χ4v) is 2.67. The maximum Gasteiger partial charge on any atom is 0.335 e. The molecule has 0 unspecified atom stereocenters. The Hall–Kier alpha value is -2.57. The number of aromatic carboxylic acids is 1. The summed E-state index contributed by atoms with van der Waals surface area (Å²) in [6.07, 6.45) is 0. The molecule has 1 aromatic rings. The second-order valence-corrected chi connectivity index (χ2v) is 6.06. The molecule has 24 heavy (non-hydrogen) atoms. The molecule has 1 N–H and O–H groups in total. The number of rotatable bonds is 5. The standard InChI is InChI=1S/C17H22N2O5/c1-5-18(6-2)14(20)10-19-12-8-7-11(15(21)22)9-13(12)24-17(3,4)16(19)23/h7-9H,5-6,10H2,1-4H3,(H,21,22). The lowest BCUT2D eigenvalue weighted by molar-refractivity contribution is -0.136. The molecule has 1 aliphatic rings. The highest BCUT2D eigenvalue weighted by Crippen LogP contribution is 2.38. The minimum Gasteiger partial charge on any atom is -0.478 e. The Bertz CT molecular complexity index is 680. The van der Waals surface area contributed by atoms with Crippen molar-refractivity contribution in [1.29, 1.82) is 0 Å². The summed E-state index contributed by atoms with van der Waals surface area (Å²) < 4.78 is 5.67. The first kappa shape index (κ1) is 17.8. The fourth-order valence-electron chi connectivity index (χ4n) is 2.67. The number of amides is 2. The van der Waals surface area contributed by atoms with E-state index in [0.29, 0.717) is 18.8 Å². The molecule has 0 aromatic heterocycles. The number of ether oxygens (including phenoxy) is 1. The first-order valence-corrected chi connectivity index (χ1v) is 7.87. The third-order valence-electron chi connectivity index (χ3n) is 4.03. The molecule has 2 amide bonds. The number of carboxylic acid groups (broad SMARTS) is 1. The number of benzene rings is 1. The van der Waals surface area contributed by atoms with Crippen LogP contribution in [-0.2, 0) is 9.59 Å². The van der Waals surface area contributed by atoms with Crippen molar-refractivity contribution in [2.45, 2.75) is 33.3 Å². The number of fused-ring (bicyclic) bond motifs is 1. The summed E-state index contributed by atoms with van der Waals surface area (Å²) in [6, 6.07) is 4.27. The van der Waals surface area contributed by atoms with Gasteiger partial charge < -0.3 is 14.7 Å². The first-order valence-electron chi connectivity index (χ1n) is 7.87. The van der Waals surface area contributed by atoms with Crippen LogP contribution in [0.5, 0.6) is 5.75 Å². The molecular weight excluding hydrogens is 312 g/mol. The highest BCUT2D eigenvalue weighted by Gasteiger charge is 2.42. The van der Waals surface area contributed by atoms with E-state index in [-0.39, 0.29) is 29.7 Å². The van der Waals surface area contributed by atoms with Crippen LogP contribution in [0, 0.1) is 0 Å². The third-order valence-corrected chi connectivity index (χ3v) is 4.03. The first-order chi connectivity index (χ1) is 11.2. The molecule has 0 radical (unpaired) electrons. The van der Waals surface area contributed by atoms with Crippen molar-refractivity contribution in [2.75, 3.05) is 24.5 Å². The molecule has 1 heterocycles. The van der Waals surface area contributed by atoms with Gasteiger partial charge in [-0.2, -0.15) is 0 Å². The van der Waals surface area contributed by atoms with Gasteiger partial charge in [-0.1, -0.05) is 0 Å². The van der Waals surface area contributed by atoms with Crippen LogP contribution in [0.25, 0.3) is 0 Å². The molecule has 1 aromatic carbocycles. The van der Waals surface area contributed by atoms with Crippen molar-refractivity contribution in [3.8, 4) is 5.75 Å².